The first kappa shape index (κ1) is 10.4. The standard InChI is InChI=1S/C10H17N3O2/c1-2-12-9(14)8-7-10(15-13-8)3-5-11-6-4-10/h11H,2-7H2,1H3,(H,12,14). The summed E-state index contributed by atoms with van der Waals surface area (Å²) < 4.78 is 0. The Kier molecular flexibility index (Phi) is 2.90. The average molecular weight is 211 g/mol. The van der Waals surface area contributed by atoms with Gasteiger partial charge < -0.3 is 15.5 Å². The molecule has 2 aliphatic rings. The fourth-order valence-corrected chi connectivity index (χ4v) is 2.06. The zero-order chi connectivity index (χ0) is 10.7. The average Bonchev–Trinajstić information content (AvgIpc) is 2.64. The zero-order valence-electron chi connectivity index (χ0n) is 9.01. The van der Waals surface area contributed by atoms with Crippen molar-refractivity contribution in [3.05, 3.63) is 0 Å². The van der Waals surface area contributed by atoms with E-state index in [0.29, 0.717) is 18.7 Å². The lowest BCUT2D eigenvalue weighted by atomic mass is 9.87. The summed E-state index contributed by atoms with van der Waals surface area (Å²) in [6, 6.07) is 0. The van der Waals surface area contributed by atoms with Crippen molar-refractivity contribution >= 4 is 11.6 Å². The van der Waals surface area contributed by atoms with Crippen LogP contribution < -0.4 is 10.6 Å². The summed E-state index contributed by atoms with van der Waals surface area (Å²) >= 11 is 0. The van der Waals surface area contributed by atoms with Crippen LogP contribution in [0.2, 0.25) is 0 Å². The predicted molar refractivity (Wildman–Crippen MR) is 56.7 cm³/mol. The molecule has 2 N–H and O–H groups in total. The quantitative estimate of drug-likeness (QED) is 0.677. The summed E-state index contributed by atoms with van der Waals surface area (Å²) in [5.74, 6) is -0.0899. The highest BCUT2D eigenvalue weighted by Crippen LogP contribution is 2.32. The van der Waals surface area contributed by atoms with Crippen molar-refractivity contribution in [1.82, 2.24) is 10.6 Å². The lowest BCUT2D eigenvalue weighted by molar-refractivity contribution is -0.114. The Morgan fingerprint density at radius 2 is 2.33 bits per heavy atom. The topological polar surface area (TPSA) is 62.7 Å². The summed E-state index contributed by atoms with van der Waals surface area (Å²) in [5.41, 5.74) is 0.338. The Morgan fingerprint density at radius 1 is 1.60 bits per heavy atom. The van der Waals surface area contributed by atoms with Gasteiger partial charge in [0.1, 0.15) is 11.3 Å². The summed E-state index contributed by atoms with van der Waals surface area (Å²) in [7, 11) is 0. The van der Waals surface area contributed by atoms with Crippen molar-refractivity contribution in [2.75, 3.05) is 19.6 Å². The van der Waals surface area contributed by atoms with E-state index in [1.807, 2.05) is 6.92 Å². The number of oxime groups is 1. The van der Waals surface area contributed by atoms with Gasteiger partial charge in [-0.05, 0) is 20.0 Å². The van der Waals surface area contributed by atoms with E-state index in [9.17, 15) is 4.79 Å². The van der Waals surface area contributed by atoms with E-state index >= 15 is 0 Å². The highest BCUT2D eigenvalue weighted by atomic mass is 16.7. The van der Waals surface area contributed by atoms with Gasteiger partial charge in [-0.25, -0.2) is 0 Å². The van der Waals surface area contributed by atoms with E-state index in [1.165, 1.54) is 0 Å². The molecular formula is C10H17N3O2. The first-order chi connectivity index (χ1) is 7.26. The van der Waals surface area contributed by atoms with Gasteiger partial charge in [0.15, 0.2) is 0 Å². The number of piperidine rings is 1. The van der Waals surface area contributed by atoms with Gasteiger partial charge in [-0.2, -0.15) is 0 Å². The molecule has 2 rings (SSSR count). The Bertz CT molecular complexity index is 282. The summed E-state index contributed by atoms with van der Waals surface area (Å²) in [5, 5.41) is 9.93. The minimum atomic E-state index is -0.203. The van der Waals surface area contributed by atoms with Gasteiger partial charge in [-0.1, -0.05) is 5.16 Å². The fraction of sp³-hybridized carbons (Fsp3) is 0.800. The molecule has 0 radical (unpaired) electrons. The number of nitrogens with one attached hydrogen (secondary N) is 2. The van der Waals surface area contributed by atoms with Crippen LogP contribution in [0.5, 0.6) is 0 Å². The van der Waals surface area contributed by atoms with Crippen LogP contribution in [0.25, 0.3) is 0 Å². The van der Waals surface area contributed by atoms with Crippen LogP contribution in [0.15, 0.2) is 5.16 Å². The molecule has 5 heteroatoms. The van der Waals surface area contributed by atoms with E-state index < -0.39 is 0 Å². The van der Waals surface area contributed by atoms with Gasteiger partial charge >= 0.3 is 0 Å². The molecule has 0 aromatic carbocycles. The normalized spacial score (nSPS) is 23.4. The summed E-state index contributed by atoms with van der Waals surface area (Å²) in [4.78, 5) is 17.0. The van der Waals surface area contributed by atoms with Crippen LogP contribution >= 0.6 is 0 Å². The van der Waals surface area contributed by atoms with Gasteiger partial charge in [-0.15, -0.1) is 0 Å². The van der Waals surface area contributed by atoms with Gasteiger partial charge in [0.05, 0.1) is 0 Å². The van der Waals surface area contributed by atoms with Crippen molar-refractivity contribution in [1.29, 1.82) is 0 Å². The van der Waals surface area contributed by atoms with Crippen LogP contribution in [0.3, 0.4) is 0 Å². The molecule has 0 aliphatic carbocycles. The van der Waals surface area contributed by atoms with Gasteiger partial charge in [-0.3, -0.25) is 4.79 Å². The first-order valence-corrected chi connectivity index (χ1v) is 5.50. The molecule has 1 saturated heterocycles. The molecule has 0 atom stereocenters. The number of carbonyl (C=O) groups excluding carboxylic acids is 1. The van der Waals surface area contributed by atoms with Crippen molar-refractivity contribution in [3.8, 4) is 0 Å². The fourth-order valence-electron chi connectivity index (χ4n) is 2.06. The molecule has 1 amide bonds. The van der Waals surface area contributed by atoms with Crippen molar-refractivity contribution in [2.24, 2.45) is 5.16 Å². The number of hydrogen-bond donors (Lipinski definition) is 2. The van der Waals surface area contributed by atoms with Crippen molar-refractivity contribution < 1.29 is 9.63 Å². The first-order valence-electron chi connectivity index (χ1n) is 5.50. The molecule has 0 bridgehead atoms. The van der Waals surface area contributed by atoms with Gasteiger partial charge in [0.25, 0.3) is 5.91 Å². The van der Waals surface area contributed by atoms with E-state index in [4.69, 9.17) is 4.84 Å². The smallest absolute Gasteiger partial charge is 0.269 e. The number of amides is 1. The molecule has 84 valence electrons. The second-order valence-electron chi connectivity index (χ2n) is 4.10. The van der Waals surface area contributed by atoms with Gasteiger partial charge in [0.2, 0.25) is 0 Å². The SMILES string of the molecule is CCNC(=O)C1=NOC2(CCNCC2)C1. The second kappa shape index (κ2) is 4.18. The lowest BCUT2D eigenvalue weighted by Crippen LogP contribution is -2.43. The Morgan fingerprint density at radius 3 is 3.00 bits per heavy atom. The van der Waals surface area contributed by atoms with Crippen LogP contribution in [-0.2, 0) is 9.63 Å². The van der Waals surface area contributed by atoms with Crippen LogP contribution in [0, 0.1) is 0 Å². The van der Waals surface area contributed by atoms with Crippen molar-refractivity contribution in [3.63, 3.8) is 0 Å². The van der Waals surface area contributed by atoms with E-state index in [1.54, 1.807) is 0 Å². The molecule has 0 saturated carbocycles. The molecular weight excluding hydrogens is 194 g/mol. The zero-order valence-corrected chi connectivity index (χ0v) is 9.01. The third kappa shape index (κ3) is 2.12. The van der Waals surface area contributed by atoms with E-state index in [2.05, 4.69) is 15.8 Å². The third-order valence-corrected chi connectivity index (χ3v) is 2.95. The molecule has 1 fully saturated rings. The molecule has 2 aliphatic heterocycles. The Hall–Kier alpha value is -1.10. The Balaban J connectivity index is 1.94. The number of hydrogen-bond acceptors (Lipinski definition) is 4. The number of carbonyl (C=O) groups is 1. The number of nitrogens with zero attached hydrogens (tertiary/aromatic N) is 1. The molecule has 0 unspecified atom stereocenters. The molecule has 0 aromatic heterocycles. The maximum absolute atomic E-state index is 11.5. The van der Waals surface area contributed by atoms with E-state index in [0.717, 1.165) is 25.9 Å². The minimum absolute atomic E-state index is 0.0899. The summed E-state index contributed by atoms with van der Waals surface area (Å²) in [6.45, 7) is 4.41. The molecule has 2 heterocycles. The van der Waals surface area contributed by atoms with Crippen molar-refractivity contribution in [2.45, 2.75) is 31.8 Å². The Labute approximate surface area is 89.2 Å². The lowest BCUT2D eigenvalue weighted by Gasteiger charge is -2.30. The number of rotatable bonds is 2. The largest absolute Gasteiger partial charge is 0.388 e. The molecule has 15 heavy (non-hydrogen) atoms. The second-order valence-corrected chi connectivity index (χ2v) is 4.10. The maximum atomic E-state index is 11.5. The van der Waals surface area contributed by atoms with Crippen LogP contribution in [0.1, 0.15) is 26.2 Å². The van der Waals surface area contributed by atoms with Gasteiger partial charge in [0, 0.05) is 25.8 Å². The van der Waals surface area contributed by atoms with Crippen LogP contribution in [-0.4, -0.2) is 36.9 Å². The molecule has 5 nitrogen and oxygen atoms in total. The third-order valence-electron chi connectivity index (χ3n) is 2.95. The maximum Gasteiger partial charge on any atom is 0.269 e. The monoisotopic (exact) mass is 211 g/mol. The predicted octanol–water partition coefficient (Wildman–Crippen LogP) is 0.0210. The molecule has 0 aromatic rings. The highest BCUT2D eigenvalue weighted by Gasteiger charge is 2.41. The van der Waals surface area contributed by atoms with E-state index in [-0.39, 0.29) is 11.5 Å². The minimum Gasteiger partial charge on any atom is -0.388 e. The van der Waals surface area contributed by atoms with Crippen LogP contribution in [0.4, 0.5) is 0 Å². The highest BCUT2D eigenvalue weighted by molar-refractivity contribution is 6.39. The summed E-state index contributed by atoms with van der Waals surface area (Å²) in [6.07, 6.45) is 2.51. The molecule has 1 spiro atoms.